The number of rotatable bonds is 8. The molecular weight excluding hydrogens is 416 g/mol. The zero-order valence-corrected chi connectivity index (χ0v) is 17.5. The van der Waals surface area contributed by atoms with Gasteiger partial charge in [-0.15, -0.1) is 10.2 Å². The molecule has 168 valence electrons. The average molecular weight is 438 g/mol. The molecule has 0 spiro atoms. The first-order chi connectivity index (χ1) is 14.4. The predicted octanol–water partition coefficient (Wildman–Crippen LogP) is 2.32. The first kappa shape index (κ1) is 23.4. The number of hydrogen-bond acceptors (Lipinski definition) is 10. The second-order valence-electron chi connectivity index (χ2n) is 7.25. The summed E-state index contributed by atoms with van der Waals surface area (Å²) in [5.41, 5.74) is -1.18. The standard InChI is InChI=1S/C18H22N4O9/c1-9-20-21-15(30-9)10-6-12(22(26)27)14(7-13(10)28-5)29-8-11(16(23)24)19-17(25)31-18(2,3)4/h6-7,11H,8H2,1-5H3,(H,19,25)(H,23,24)/t11-/m0/s1. The molecule has 13 heteroatoms. The van der Waals surface area contributed by atoms with Crippen LogP contribution in [0.15, 0.2) is 16.5 Å². The molecule has 0 saturated carbocycles. The molecule has 1 heterocycles. The van der Waals surface area contributed by atoms with Crippen molar-refractivity contribution in [1.29, 1.82) is 0 Å². The number of ether oxygens (including phenoxy) is 3. The van der Waals surface area contributed by atoms with Crippen LogP contribution in [0, 0.1) is 17.0 Å². The Kier molecular flexibility index (Phi) is 7.00. The molecule has 0 aliphatic carbocycles. The average Bonchev–Trinajstić information content (AvgIpc) is 3.08. The molecule has 2 rings (SSSR count). The van der Waals surface area contributed by atoms with Crippen LogP contribution >= 0.6 is 0 Å². The third-order valence-corrected chi connectivity index (χ3v) is 3.63. The Morgan fingerprint density at radius 1 is 1.29 bits per heavy atom. The van der Waals surface area contributed by atoms with Gasteiger partial charge in [-0.2, -0.15) is 0 Å². The van der Waals surface area contributed by atoms with E-state index in [4.69, 9.17) is 18.6 Å². The molecule has 0 bridgehead atoms. The lowest BCUT2D eigenvalue weighted by Gasteiger charge is -2.22. The van der Waals surface area contributed by atoms with Crippen LogP contribution in [0.2, 0.25) is 0 Å². The van der Waals surface area contributed by atoms with E-state index in [2.05, 4.69) is 15.5 Å². The van der Waals surface area contributed by atoms with Crippen molar-refractivity contribution in [1.82, 2.24) is 15.5 Å². The molecule has 0 fully saturated rings. The molecule has 1 aromatic heterocycles. The normalized spacial score (nSPS) is 12.0. The van der Waals surface area contributed by atoms with E-state index < -0.39 is 40.9 Å². The first-order valence-electron chi connectivity index (χ1n) is 8.93. The highest BCUT2D eigenvalue weighted by atomic mass is 16.6. The molecule has 0 saturated heterocycles. The summed E-state index contributed by atoms with van der Waals surface area (Å²) in [6.07, 6.45) is -0.974. The van der Waals surface area contributed by atoms with E-state index in [-0.39, 0.29) is 28.8 Å². The maximum absolute atomic E-state index is 11.9. The van der Waals surface area contributed by atoms with Gasteiger partial charge in [0, 0.05) is 19.1 Å². The predicted molar refractivity (Wildman–Crippen MR) is 104 cm³/mol. The monoisotopic (exact) mass is 438 g/mol. The molecule has 0 aliphatic rings. The topological polar surface area (TPSA) is 176 Å². The lowest BCUT2D eigenvalue weighted by Crippen LogP contribution is -2.46. The number of aryl methyl sites for hydroxylation is 1. The number of carboxylic acid groups (broad SMARTS) is 1. The summed E-state index contributed by atoms with van der Waals surface area (Å²) in [5.74, 6) is -1.33. The van der Waals surface area contributed by atoms with Gasteiger partial charge >= 0.3 is 17.7 Å². The fourth-order valence-corrected chi connectivity index (χ4v) is 2.35. The van der Waals surface area contributed by atoms with Crippen molar-refractivity contribution in [2.45, 2.75) is 39.3 Å². The third-order valence-electron chi connectivity index (χ3n) is 3.63. The van der Waals surface area contributed by atoms with Crippen molar-refractivity contribution in [2.24, 2.45) is 0 Å². The van der Waals surface area contributed by atoms with Crippen LogP contribution < -0.4 is 14.8 Å². The van der Waals surface area contributed by atoms with Crippen molar-refractivity contribution >= 4 is 17.7 Å². The molecule has 2 aromatic rings. The number of carbonyl (C=O) groups excluding carboxylic acids is 1. The minimum absolute atomic E-state index is 0.000921. The maximum Gasteiger partial charge on any atom is 0.408 e. The van der Waals surface area contributed by atoms with E-state index >= 15 is 0 Å². The highest BCUT2D eigenvalue weighted by Gasteiger charge is 2.28. The van der Waals surface area contributed by atoms with Crippen LogP contribution in [0.4, 0.5) is 10.5 Å². The second kappa shape index (κ2) is 9.28. The number of carboxylic acids is 1. The number of aromatic nitrogens is 2. The summed E-state index contributed by atoms with van der Waals surface area (Å²) in [6.45, 7) is 5.78. The minimum atomic E-state index is -1.53. The second-order valence-corrected chi connectivity index (χ2v) is 7.25. The molecule has 2 N–H and O–H groups in total. The fourth-order valence-electron chi connectivity index (χ4n) is 2.35. The molecule has 31 heavy (non-hydrogen) atoms. The van der Waals surface area contributed by atoms with E-state index in [1.807, 2.05) is 0 Å². The van der Waals surface area contributed by atoms with Crippen molar-refractivity contribution in [3.63, 3.8) is 0 Å². The Balaban J connectivity index is 2.29. The lowest BCUT2D eigenvalue weighted by molar-refractivity contribution is -0.385. The number of alkyl carbamates (subject to hydrolysis) is 1. The number of carbonyl (C=O) groups is 2. The summed E-state index contributed by atoms with van der Waals surface area (Å²) in [5, 5.41) is 30.5. The molecule has 13 nitrogen and oxygen atoms in total. The number of nitrogens with zero attached hydrogens (tertiary/aromatic N) is 3. The van der Waals surface area contributed by atoms with Crippen molar-refractivity contribution in [2.75, 3.05) is 13.7 Å². The molecule has 0 unspecified atom stereocenters. The van der Waals surface area contributed by atoms with Gasteiger partial charge in [-0.25, -0.2) is 9.59 Å². The van der Waals surface area contributed by atoms with Crippen LogP contribution in [-0.4, -0.2) is 57.6 Å². The van der Waals surface area contributed by atoms with Crippen LogP contribution in [0.1, 0.15) is 26.7 Å². The minimum Gasteiger partial charge on any atom is -0.496 e. The number of benzene rings is 1. The smallest absolute Gasteiger partial charge is 0.408 e. The van der Waals surface area contributed by atoms with Gasteiger partial charge in [-0.3, -0.25) is 10.1 Å². The largest absolute Gasteiger partial charge is 0.496 e. The third kappa shape index (κ3) is 6.29. The molecule has 1 atom stereocenters. The molecule has 0 aliphatic heterocycles. The number of hydrogen-bond donors (Lipinski definition) is 2. The van der Waals surface area contributed by atoms with Crippen molar-refractivity contribution in [3.8, 4) is 23.0 Å². The fraction of sp³-hybridized carbons (Fsp3) is 0.444. The van der Waals surface area contributed by atoms with Gasteiger partial charge in [0.25, 0.3) is 5.89 Å². The highest BCUT2D eigenvalue weighted by Crippen LogP contribution is 2.39. The van der Waals surface area contributed by atoms with Crippen LogP contribution in [0.5, 0.6) is 11.5 Å². The summed E-state index contributed by atoms with van der Waals surface area (Å²) in [7, 11) is 1.32. The van der Waals surface area contributed by atoms with E-state index in [0.717, 1.165) is 6.07 Å². The lowest BCUT2D eigenvalue weighted by atomic mass is 10.1. The Morgan fingerprint density at radius 2 is 1.97 bits per heavy atom. The number of nitro groups is 1. The van der Waals surface area contributed by atoms with E-state index in [0.29, 0.717) is 0 Å². The van der Waals surface area contributed by atoms with Crippen molar-refractivity contribution in [3.05, 3.63) is 28.1 Å². The first-order valence-corrected chi connectivity index (χ1v) is 8.93. The Bertz CT molecular complexity index is 981. The number of aliphatic carboxylic acids is 1. The highest BCUT2D eigenvalue weighted by molar-refractivity contribution is 5.80. The number of amides is 1. The number of nitro benzene ring substituents is 1. The van der Waals surface area contributed by atoms with Crippen LogP contribution in [0.3, 0.4) is 0 Å². The van der Waals surface area contributed by atoms with E-state index in [1.54, 1.807) is 27.7 Å². The Hall–Kier alpha value is -3.90. The summed E-state index contributed by atoms with van der Waals surface area (Å²) >= 11 is 0. The van der Waals surface area contributed by atoms with Crippen LogP contribution in [0.25, 0.3) is 11.5 Å². The molecule has 1 amide bonds. The quantitative estimate of drug-likeness (QED) is 0.456. The van der Waals surface area contributed by atoms with Gasteiger partial charge in [-0.1, -0.05) is 0 Å². The summed E-state index contributed by atoms with van der Waals surface area (Å²) in [6, 6.07) is 0.774. The van der Waals surface area contributed by atoms with Gasteiger partial charge in [0.1, 0.15) is 18.0 Å². The number of nitrogens with one attached hydrogen (secondary N) is 1. The van der Waals surface area contributed by atoms with Gasteiger partial charge in [0.2, 0.25) is 11.6 Å². The van der Waals surface area contributed by atoms with Crippen LogP contribution in [-0.2, 0) is 9.53 Å². The zero-order valence-electron chi connectivity index (χ0n) is 17.5. The molecule has 1 aromatic carbocycles. The van der Waals surface area contributed by atoms with Gasteiger partial charge in [0.05, 0.1) is 17.6 Å². The Morgan fingerprint density at radius 3 is 2.45 bits per heavy atom. The maximum atomic E-state index is 11.9. The van der Waals surface area contributed by atoms with E-state index in [1.165, 1.54) is 13.2 Å². The van der Waals surface area contributed by atoms with Gasteiger partial charge in [0.15, 0.2) is 6.04 Å². The summed E-state index contributed by atoms with van der Waals surface area (Å²) < 4.78 is 20.9. The SMILES string of the molecule is COc1cc(OC[C@H](NC(=O)OC(C)(C)C)C(=O)O)c([N+](=O)[O-])cc1-c1nnc(C)o1. The molecule has 0 radical (unpaired) electrons. The van der Waals surface area contributed by atoms with E-state index in [9.17, 15) is 24.8 Å². The number of methoxy groups -OCH3 is 1. The van der Waals surface area contributed by atoms with Crippen molar-refractivity contribution < 1.29 is 38.2 Å². The molecular formula is C18H22N4O9. The van der Waals surface area contributed by atoms with Gasteiger partial charge < -0.3 is 29.1 Å². The zero-order chi connectivity index (χ0) is 23.3. The Labute approximate surface area is 176 Å². The van der Waals surface area contributed by atoms with Gasteiger partial charge in [-0.05, 0) is 20.8 Å². The summed E-state index contributed by atoms with van der Waals surface area (Å²) in [4.78, 5) is 34.1.